The quantitative estimate of drug-likeness (QED) is 0.497. The fourth-order valence-electron chi connectivity index (χ4n) is 0.841. The molecule has 0 fully saturated rings. The Kier molecular flexibility index (Phi) is 10.8. The molecule has 85 valence electrons. The Balaban J connectivity index is 3.06. The summed E-state index contributed by atoms with van der Waals surface area (Å²) < 4.78 is 20.3. The van der Waals surface area contributed by atoms with Crippen molar-refractivity contribution in [2.24, 2.45) is 0 Å². The zero-order chi connectivity index (χ0) is 10.6. The molecule has 0 spiro atoms. The van der Waals surface area contributed by atoms with E-state index in [2.05, 4.69) is 6.92 Å². The van der Waals surface area contributed by atoms with Gasteiger partial charge in [-0.25, -0.2) is 0 Å². The number of hydrogen-bond acceptors (Lipinski definition) is 4. The molecule has 0 bridgehead atoms. The van der Waals surface area contributed by atoms with Crippen molar-refractivity contribution in [1.82, 2.24) is 0 Å². The van der Waals surface area contributed by atoms with E-state index < -0.39 is 0 Å². The van der Waals surface area contributed by atoms with Crippen molar-refractivity contribution in [2.45, 2.75) is 12.5 Å². The van der Waals surface area contributed by atoms with Crippen LogP contribution in [0.3, 0.4) is 0 Å². The Morgan fingerprint density at radius 2 is 1.57 bits per heavy atom. The lowest BCUT2D eigenvalue weighted by Crippen LogP contribution is -2.15. The molecular formula is C10H21O4. The first-order valence-electron chi connectivity index (χ1n) is 4.81. The van der Waals surface area contributed by atoms with Crippen molar-refractivity contribution in [3.05, 3.63) is 6.92 Å². The number of rotatable bonds is 10. The Morgan fingerprint density at radius 1 is 0.929 bits per heavy atom. The molecular weight excluding hydrogens is 184 g/mol. The zero-order valence-corrected chi connectivity index (χ0v) is 9.16. The highest BCUT2D eigenvalue weighted by molar-refractivity contribution is 4.59. The summed E-state index contributed by atoms with van der Waals surface area (Å²) in [6.45, 7) is 6.95. The lowest BCUT2D eigenvalue weighted by atomic mass is 10.3. The average molecular weight is 205 g/mol. The second-order valence-electron chi connectivity index (χ2n) is 2.88. The molecule has 0 rings (SSSR count). The van der Waals surface area contributed by atoms with Gasteiger partial charge in [-0.2, -0.15) is 0 Å². The van der Waals surface area contributed by atoms with Crippen molar-refractivity contribution < 1.29 is 18.9 Å². The van der Waals surface area contributed by atoms with Crippen LogP contribution in [0.5, 0.6) is 0 Å². The van der Waals surface area contributed by atoms with Crippen molar-refractivity contribution in [3.8, 4) is 0 Å². The standard InChI is InChI=1S/C10H21O4/c1-10(14-9-7-12-3)4-5-13-8-6-11-2/h10H,1,4-9H2,2-3H3. The molecule has 0 heterocycles. The van der Waals surface area contributed by atoms with Gasteiger partial charge in [0.15, 0.2) is 0 Å². The topological polar surface area (TPSA) is 36.9 Å². The average Bonchev–Trinajstić information content (AvgIpc) is 2.18. The van der Waals surface area contributed by atoms with E-state index in [9.17, 15) is 0 Å². The van der Waals surface area contributed by atoms with Crippen LogP contribution >= 0.6 is 0 Å². The van der Waals surface area contributed by atoms with Crippen LogP contribution in [-0.4, -0.2) is 53.4 Å². The van der Waals surface area contributed by atoms with E-state index in [0.29, 0.717) is 33.0 Å². The van der Waals surface area contributed by atoms with Crippen LogP contribution in [-0.2, 0) is 18.9 Å². The summed E-state index contributed by atoms with van der Waals surface area (Å²) in [6, 6.07) is 0. The number of ether oxygens (including phenoxy) is 4. The fourth-order valence-corrected chi connectivity index (χ4v) is 0.841. The first-order valence-corrected chi connectivity index (χ1v) is 4.81. The molecule has 0 aromatic carbocycles. The molecule has 1 radical (unpaired) electrons. The van der Waals surface area contributed by atoms with Crippen LogP contribution in [0, 0.1) is 6.92 Å². The van der Waals surface area contributed by atoms with Gasteiger partial charge in [-0.3, -0.25) is 0 Å². The zero-order valence-electron chi connectivity index (χ0n) is 9.16. The third-order valence-electron chi connectivity index (χ3n) is 1.66. The molecule has 0 aliphatic heterocycles. The van der Waals surface area contributed by atoms with E-state index in [1.54, 1.807) is 14.2 Å². The lowest BCUT2D eigenvalue weighted by molar-refractivity contribution is 0.0106. The number of methoxy groups -OCH3 is 2. The molecule has 0 aromatic heterocycles. The second-order valence-corrected chi connectivity index (χ2v) is 2.88. The fraction of sp³-hybridized carbons (Fsp3) is 0.900. The Labute approximate surface area is 86.5 Å². The van der Waals surface area contributed by atoms with Crippen molar-refractivity contribution in [1.29, 1.82) is 0 Å². The minimum Gasteiger partial charge on any atom is -0.382 e. The van der Waals surface area contributed by atoms with Crippen molar-refractivity contribution in [2.75, 3.05) is 47.3 Å². The van der Waals surface area contributed by atoms with E-state index in [1.807, 2.05) is 0 Å². The summed E-state index contributed by atoms with van der Waals surface area (Å²) in [4.78, 5) is 0. The Bertz CT molecular complexity index is 108. The summed E-state index contributed by atoms with van der Waals surface area (Å²) in [5, 5.41) is 0. The van der Waals surface area contributed by atoms with Crippen LogP contribution in [0.4, 0.5) is 0 Å². The summed E-state index contributed by atoms with van der Waals surface area (Å²) in [5.41, 5.74) is 0. The third-order valence-corrected chi connectivity index (χ3v) is 1.66. The molecule has 4 nitrogen and oxygen atoms in total. The van der Waals surface area contributed by atoms with Crippen molar-refractivity contribution in [3.63, 3.8) is 0 Å². The summed E-state index contributed by atoms with van der Waals surface area (Å²) in [6.07, 6.45) is 0.778. The van der Waals surface area contributed by atoms with E-state index in [1.165, 1.54) is 0 Å². The van der Waals surface area contributed by atoms with Gasteiger partial charge in [-0.1, -0.05) is 0 Å². The molecule has 0 N–H and O–H groups in total. The van der Waals surface area contributed by atoms with E-state index >= 15 is 0 Å². The summed E-state index contributed by atoms with van der Waals surface area (Å²) in [7, 11) is 3.30. The molecule has 1 atom stereocenters. The Hall–Kier alpha value is -0.160. The maximum absolute atomic E-state index is 5.34. The minimum atomic E-state index is -0.0207. The molecule has 0 aliphatic carbocycles. The van der Waals surface area contributed by atoms with Gasteiger partial charge >= 0.3 is 0 Å². The van der Waals surface area contributed by atoms with Gasteiger partial charge in [-0.15, -0.1) is 0 Å². The van der Waals surface area contributed by atoms with Crippen molar-refractivity contribution >= 4 is 0 Å². The molecule has 14 heavy (non-hydrogen) atoms. The second kappa shape index (κ2) is 10.9. The van der Waals surface area contributed by atoms with Gasteiger partial charge in [0.2, 0.25) is 0 Å². The largest absolute Gasteiger partial charge is 0.382 e. The van der Waals surface area contributed by atoms with Crippen LogP contribution in [0.15, 0.2) is 0 Å². The summed E-state index contributed by atoms with van der Waals surface area (Å²) >= 11 is 0. The smallest absolute Gasteiger partial charge is 0.0704 e. The van der Waals surface area contributed by atoms with Crippen LogP contribution in [0.1, 0.15) is 6.42 Å². The predicted octanol–water partition coefficient (Wildman–Crippen LogP) is 0.905. The van der Waals surface area contributed by atoms with Crippen LogP contribution in [0.25, 0.3) is 0 Å². The maximum Gasteiger partial charge on any atom is 0.0704 e. The van der Waals surface area contributed by atoms with Gasteiger partial charge in [0, 0.05) is 20.8 Å². The van der Waals surface area contributed by atoms with Gasteiger partial charge < -0.3 is 18.9 Å². The van der Waals surface area contributed by atoms with Gasteiger partial charge in [0.25, 0.3) is 0 Å². The summed E-state index contributed by atoms with van der Waals surface area (Å²) in [5.74, 6) is 0. The van der Waals surface area contributed by atoms with Crippen LogP contribution < -0.4 is 0 Å². The first kappa shape index (κ1) is 13.8. The highest BCUT2D eigenvalue weighted by Crippen LogP contribution is 1.97. The molecule has 1 unspecified atom stereocenters. The first-order chi connectivity index (χ1) is 6.81. The molecule has 4 heteroatoms. The molecule has 0 aromatic rings. The van der Waals surface area contributed by atoms with E-state index in [4.69, 9.17) is 18.9 Å². The molecule has 0 amide bonds. The van der Waals surface area contributed by atoms with Gasteiger partial charge in [-0.05, 0) is 13.3 Å². The molecule has 0 aliphatic rings. The van der Waals surface area contributed by atoms with E-state index in [0.717, 1.165) is 6.42 Å². The van der Waals surface area contributed by atoms with Gasteiger partial charge in [0.1, 0.15) is 0 Å². The minimum absolute atomic E-state index is 0.0207. The van der Waals surface area contributed by atoms with E-state index in [-0.39, 0.29) is 6.10 Å². The van der Waals surface area contributed by atoms with Crippen LogP contribution in [0.2, 0.25) is 0 Å². The monoisotopic (exact) mass is 205 g/mol. The Morgan fingerprint density at radius 3 is 2.21 bits per heavy atom. The van der Waals surface area contributed by atoms with Gasteiger partial charge in [0.05, 0.1) is 32.5 Å². The normalized spacial score (nSPS) is 13.1. The SMILES string of the molecule is [CH2]C(CCOCCOC)OCCOC. The highest BCUT2D eigenvalue weighted by Gasteiger charge is 2.01. The molecule has 0 saturated carbocycles. The number of hydrogen-bond donors (Lipinski definition) is 0. The highest BCUT2D eigenvalue weighted by atomic mass is 16.5. The predicted molar refractivity (Wildman–Crippen MR) is 54.3 cm³/mol. The molecule has 0 saturated heterocycles. The third kappa shape index (κ3) is 9.92. The lowest BCUT2D eigenvalue weighted by Gasteiger charge is -2.12. The maximum atomic E-state index is 5.34.